The highest BCUT2D eigenvalue weighted by atomic mass is 35.5. The molecule has 2 heterocycles. The third-order valence-corrected chi connectivity index (χ3v) is 3.53. The lowest BCUT2D eigenvalue weighted by molar-refractivity contribution is 0.0354. The topological polar surface area (TPSA) is 56.1 Å². The first kappa shape index (κ1) is 13.5. The molecule has 0 amide bonds. The minimum atomic E-state index is 0.628. The molecule has 0 atom stereocenters. The summed E-state index contributed by atoms with van der Waals surface area (Å²) in [6, 6.07) is 7.44. The van der Waals surface area contributed by atoms with E-state index >= 15 is 0 Å². The maximum absolute atomic E-state index is 5.86. The fourth-order valence-electron chi connectivity index (χ4n) is 2.11. The maximum atomic E-state index is 5.86. The van der Waals surface area contributed by atoms with Crippen molar-refractivity contribution in [3.8, 4) is 11.4 Å². The van der Waals surface area contributed by atoms with E-state index in [-0.39, 0.29) is 0 Å². The lowest BCUT2D eigenvalue weighted by atomic mass is 10.2. The summed E-state index contributed by atoms with van der Waals surface area (Å²) in [5, 5.41) is 13.2. The maximum Gasteiger partial charge on any atom is 0.204 e. The molecule has 1 fully saturated rings. The van der Waals surface area contributed by atoms with Gasteiger partial charge in [0.25, 0.3) is 0 Å². The van der Waals surface area contributed by atoms with Crippen molar-refractivity contribution in [1.82, 2.24) is 25.1 Å². The number of hydrogen-bond donors (Lipinski definition) is 0. The van der Waals surface area contributed by atoms with Gasteiger partial charge in [-0.3, -0.25) is 4.90 Å². The van der Waals surface area contributed by atoms with Crippen molar-refractivity contribution in [2.45, 2.75) is 6.54 Å². The van der Waals surface area contributed by atoms with Gasteiger partial charge in [-0.1, -0.05) is 11.6 Å². The van der Waals surface area contributed by atoms with Crippen molar-refractivity contribution in [2.75, 3.05) is 32.8 Å². The van der Waals surface area contributed by atoms with E-state index in [0.717, 1.165) is 45.0 Å². The van der Waals surface area contributed by atoms with E-state index in [1.807, 2.05) is 24.3 Å². The van der Waals surface area contributed by atoms with Gasteiger partial charge in [0.15, 0.2) is 0 Å². The summed E-state index contributed by atoms with van der Waals surface area (Å²) in [5.41, 5.74) is 0.923. The van der Waals surface area contributed by atoms with Gasteiger partial charge in [-0.25, -0.2) is 0 Å². The summed E-state index contributed by atoms with van der Waals surface area (Å²) in [4.78, 5) is 3.98. The van der Waals surface area contributed by atoms with E-state index in [9.17, 15) is 0 Å². The zero-order valence-corrected chi connectivity index (χ0v) is 11.8. The summed E-state index contributed by atoms with van der Waals surface area (Å²) < 4.78 is 5.32. The Balaban J connectivity index is 1.60. The fraction of sp³-hybridized carbons (Fsp3) is 0.462. The number of tetrazole rings is 1. The second kappa shape index (κ2) is 6.30. The molecule has 0 N–H and O–H groups in total. The third kappa shape index (κ3) is 3.33. The van der Waals surface area contributed by atoms with Crippen molar-refractivity contribution in [1.29, 1.82) is 0 Å². The monoisotopic (exact) mass is 293 g/mol. The lowest BCUT2D eigenvalue weighted by Gasteiger charge is -2.25. The van der Waals surface area contributed by atoms with Crippen molar-refractivity contribution in [3.63, 3.8) is 0 Å². The number of aromatic nitrogens is 4. The van der Waals surface area contributed by atoms with E-state index in [4.69, 9.17) is 16.3 Å². The van der Waals surface area contributed by atoms with Gasteiger partial charge in [-0.05, 0) is 29.5 Å². The normalized spacial score (nSPS) is 16.4. The predicted molar refractivity (Wildman–Crippen MR) is 75.5 cm³/mol. The second-order valence-corrected chi connectivity index (χ2v) is 5.11. The van der Waals surface area contributed by atoms with Crippen LogP contribution in [-0.4, -0.2) is 58.0 Å². The Morgan fingerprint density at radius 3 is 2.60 bits per heavy atom. The zero-order valence-electron chi connectivity index (χ0n) is 11.1. The standard InChI is InChI=1S/C13H16ClN5O/c14-12-3-1-11(2-4-12)13-15-17-19(16-13)6-5-18-7-9-20-10-8-18/h1-4H,5-10H2. The third-order valence-electron chi connectivity index (χ3n) is 3.28. The minimum absolute atomic E-state index is 0.628. The number of nitrogens with zero attached hydrogens (tertiary/aromatic N) is 5. The van der Waals surface area contributed by atoms with Crippen LogP contribution in [0.2, 0.25) is 5.02 Å². The van der Waals surface area contributed by atoms with Gasteiger partial charge in [0.05, 0.1) is 19.8 Å². The molecule has 0 aliphatic carbocycles. The average Bonchev–Trinajstić information content (AvgIpc) is 2.96. The van der Waals surface area contributed by atoms with Crippen molar-refractivity contribution in [3.05, 3.63) is 29.3 Å². The molecule has 7 heteroatoms. The Morgan fingerprint density at radius 2 is 1.85 bits per heavy atom. The highest BCUT2D eigenvalue weighted by molar-refractivity contribution is 6.30. The van der Waals surface area contributed by atoms with Gasteiger partial charge < -0.3 is 4.74 Å². The van der Waals surface area contributed by atoms with E-state index in [2.05, 4.69) is 20.3 Å². The summed E-state index contributed by atoms with van der Waals surface area (Å²) in [5.74, 6) is 0.628. The van der Waals surface area contributed by atoms with Crippen LogP contribution in [0.1, 0.15) is 0 Å². The number of halogens is 1. The molecule has 2 aromatic rings. The van der Waals surface area contributed by atoms with Gasteiger partial charge in [-0.2, -0.15) is 4.80 Å². The molecule has 0 bridgehead atoms. The van der Waals surface area contributed by atoms with E-state index < -0.39 is 0 Å². The Kier molecular flexibility index (Phi) is 4.25. The fourth-order valence-corrected chi connectivity index (χ4v) is 2.23. The molecule has 1 aromatic carbocycles. The summed E-state index contributed by atoms with van der Waals surface area (Å²) in [6.45, 7) is 5.21. The van der Waals surface area contributed by atoms with Crippen LogP contribution in [-0.2, 0) is 11.3 Å². The van der Waals surface area contributed by atoms with Gasteiger partial charge in [0.1, 0.15) is 0 Å². The molecule has 0 unspecified atom stereocenters. The van der Waals surface area contributed by atoms with Crippen LogP contribution in [0.4, 0.5) is 0 Å². The first-order valence-corrected chi connectivity index (χ1v) is 7.03. The molecular formula is C13H16ClN5O. The molecule has 1 saturated heterocycles. The molecule has 106 valence electrons. The molecule has 1 aliphatic heterocycles. The molecule has 0 spiro atoms. The Hall–Kier alpha value is -1.50. The van der Waals surface area contributed by atoms with Crippen molar-refractivity contribution >= 4 is 11.6 Å². The smallest absolute Gasteiger partial charge is 0.204 e. The SMILES string of the molecule is Clc1ccc(-c2nnn(CCN3CCOCC3)n2)cc1. The van der Waals surface area contributed by atoms with Gasteiger partial charge in [0.2, 0.25) is 5.82 Å². The molecule has 0 saturated carbocycles. The van der Waals surface area contributed by atoms with E-state index in [1.54, 1.807) is 4.80 Å². The summed E-state index contributed by atoms with van der Waals surface area (Å²) in [6.07, 6.45) is 0. The molecule has 0 radical (unpaired) electrons. The number of benzene rings is 1. The quantitative estimate of drug-likeness (QED) is 0.851. The van der Waals surface area contributed by atoms with Crippen LogP contribution < -0.4 is 0 Å². The van der Waals surface area contributed by atoms with Crippen molar-refractivity contribution < 1.29 is 4.74 Å². The number of rotatable bonds is 4. The van der Waals surface area contributed by atoms with Gasteiger partial charge in [-0.15, -0.1) is 10.2 Å². The first-order chi connectivity index (χ1) is 9.81. The molecule has 6 nitrogen and oxygen atoms in total. The van der Waals surface area contributed by atoms with E-state index in [1.165, 1.54) is 0 Å². The Labute approximate surface area is 122 Å². The molecule has 1 aliphatic rings. The zero-order chi connectivity index (χ0) is 13.8. The highest BCUT2D eigenvalue weighted by Crippen LogP contribution is 2.16. The lowest BCUT2D eigenvalue weighted by Crippen LogP contribution is -2.38. The summed E-state index contributed by atoms with van der Waals surface area (Å²) in [7, 11) is 0. The predicted octanol–water partition coefficient (Wildman–Crippen LogP) is 1.33. The van der Waals surface area contributed by atoms with E-state index in [0.29, 0.717) is 10.8 Å². The number of hydrogen-bond acceptors (Lipinski definition) is 5. The largest absolute Gasteiger partial charge is 0.379 e. The number of ether oxygens (including phenoxy) is 1. The molecule has 20 heavy (non-hydrogen) atoms. The minimum Gasteiger partial charge on any atom is -0.379 e. The second-order valence-electron chi connectivity index (χ2n) is 4.67. The van der Waals surface area contributed by atoms with Crippen LogP contribution in [0.25, 0.3) is 11.4 Å². The molecular weight excluding hydrogens is 278 g/mol. The van der Waals surface area contributed by atoms with Crippen molar-refractivity contribution in [2.24, 2.45) is 0 Å². The average molecular weight is 294 g/mol. The van der Waals surface area contributed by atoms with Gasteiger partial charge >= 0.3 is 0 Å². The Morgan fingerprint density at radius 1 is 1.10 bits per heavy atom. The highest BCUT2D eigenvalue weighted by Gasteiger charge is 2.11. The van der Waals surface area contributed by atoms with Crippen LogP contribution in [0.3, 0.4) is 0 Å². The first-order valence-electron chi connectivity index (χ1n) is 6.65. The molecule has 3 rings (SSSR count). The van der Waals surface area contributed by atoms with Crippen LogP contribution in [0.5, 0.6) is 0 Å². The van der Waals surface area contributed by atoms with Gasteiger partial charge in [0, 0.05) is 30.2 Å². The number of morpholine rings is 1. The Bertz CT molecular complexity index is 550. The van der Waals surface area contributed by atoms with Crippen LogP contribution >= 0.6 is 11.6 Å². The van der Waals surface area contributed by atoms with Crippen LogP contribution in [0, 0.1) is 0 Å². The summed E-state index contributed by atoms with van der Waals surface area (Å²) >= 11 is 5.86. The van der Waals surface area contributed by atoms with Crippen LogP contribution in [0.15, 0.2) is 24.3 Å². The molecule has 1 aromatic heterocycles.